The summed E-state index contributed by atoms with van der Waals surface area (Å²) in [6, 6.07) is 2.00. The monoisotopic (exact) mass is 322 g/mol. The van der Waals surface area contributed by atoms with Crippen molar-refractivity contribution in [3.63, 3.8) is 0 Å². The summed E-state index contributed by atoms with van der Waals surface area (Å²) < 4.78 is 0.919. The molecule has 7 heteroatoms. The normalized spacial score (nSPS) is 16.6. The molecule has 1 aliphatic heterocycles. The van der Waals surface area contributed by atoms with E-state index in [0.717, 1.165) is 48.3 Å². The van der Waals surface area contributed by atoms with Crippen molar-refractivity contribution in [2.24, 2.45) is 0 Å². The summed E-state index contributed by atoms with van der Waals surface area (Å²) in [4.78, 5) is 15.1. The molecule has 1 saturated heterocycles. The molecule has 1 aliphatic rings. The Morgan fingerprint density at radius 2 is 2.16 bits per heavy atom. The molecule has 0 aromatic carbocycles. The molecule has 0 aliphatic carbocycles. The van der Waals surface area contributed by atoms with Crippen LogP contribution in [0.3, 0.4) is 0 Å². The highest BCUT2D eigenvalue weighted by Gasteiger charge is 2.16. The second kappa shape index (κ2) is 5.26. The SMILES string of the molecule is Nc1nc(N2CCCNCC2)c2cc(Br)cnc2n1. The Bertz CT molecular complexity index is 594. The molecule has 0 radical (unpaired) electrons. The highest BCUT2D eigenvalue weighted by atomic mass is 79.9. The summed E-state index contributed by atoms with van der Waals surface area (Å²) in [7, 11) is 0. The van der Waals surface area contributed by atoms with Crippen LogP contribution in [0, 0.1) is 0 Å². The van der Waals surface area contributed by atoms with E-state index in [4.69, 9.17) is 5.73 Å². The zero-order valence-corrected chi connectivity index (χ0v) is 12.0. The lowest BCUT2D eigenvalue weighted by molar-refractivity contribution is 0.724. The van der Waals surface area contributed by atoms with Crippen LogP contribution >= 0.6 is 15.9 Å². The van der Waals surface area contributed by atoms with Crippen molar-refractivity contribution < 1.29 is 0 Å². The molecule has 3 heterocycles. The fourth-order valence-electron chi connectivity index (χ4n) is 2.29. The third kappa shape index (κ3) is 2.62. The number of nitrogens with one attached hydrogen (secondary N) is 1. The molecule has 0 bridgehead atoms. The number of nitrogens with two attached hydrogens (primary N) is 1. The molecule has 3 N–H and O–H groups in total. The Balaban J connectivity index is 2.12. The van der Waals surface area contributed by atoms with E-state index in [1.54, 1.807) is 6.20 Å². The first-order valence-electron chi connectivity index (χ1n) is 6.28. The molecule has 6 nitrogen and oxygen atoms in total. The van der Waals surface area contributed by atoms with E-state index in [2.05, 4.69) is 41.1 Å². The van der Waals surface area contributed by atoms with Crippen LogP contribution in [-0.4, -0.2) is 41.1 Å². The van der Waals surface area contributed by atoms with Gasteiger partial charge in [-0.2, -0.15) is 9.97 Å². The number of aromatic nitrogens is 3. The molecule has 0 atom stereocenters. The van der Waals surface area contributed by atoms with E-state index >= 15 is 0 Å². The molecular formula is C12H15BrN6. The Morgan fingerprint density at radius 1 is 1.26 bits per heavy atom. The van der Waals surface area contributed by atoms with Crippen LogP contribution in [0.25, 0.3) is 11.0 Å². The van der Waals surface area contributed by atoms with Crippen LogP contribution < -0.4 is 16.0 Å². The highest BCUT2D eigenvalue weighted by Crippen LogP contribution is 2.26. The summed E-state index contributed by atoms with van der Waals surface area (Å²) in [5.74, 6) is 1.15. The molecule has 0 unspecified atom stereocenters. The maximum Gasteiger partial charge on any atom is 0.224 e. The van der Waals surface area contributed by atoms with Gasteiger partial charge in [0.1, 0.15) is 5.82 Å². The van der Waals surface area contributed by atoms with Gasteiger partial charge >= 0.3 is 0 Å². The van der Waals surface area contributed by atoms with Crippen molar-refractivity contribution in [2.45, 2.75) is 6.42 Å². The predicted octanol–water partition coefficient (Wildman–Crippen LogP) is 1.17. The second-order valence-electron chi connectivity index (χ2n) is 4.52. The number of anilines is 2. The number of nitrogen functional groups attached to an aromatic ring is 1. The summed E-state index contributed by atoms with van der Waals surface area (Å²) in [5.41, 5.74) is 6.43. The van der Waals surface area contributed by atoms with Crippen molar-refractivity contribution in [3.8, 4) is 0 Å². The van der Waals surface area contributed by atoms with E-state index in [1.165, 1.54) is 0 Å². The smallest absolute Gasteiger partial charge is 0.224 e. The van der Waals surface area contributed by atoms with Gasteiger partial charge < -0.3 is 16.0 Å². The zero-order chi connectivity index (χ0) is 13.2. The Morgan fingerprint density at radius 3 is 3.05 bits per heavy atom. The fourth-order valence-corrected chi connectivity index (χ4v) is 2.62. The lowest BCUT2D eigenvalue weighted by atomic mass is 10.3. The molecule has 1 fully saturated rings. The number of pyridine rings is 1. The van der Waals surface area contributed by atoms with Gasteiger partial charge in [-0.25, -0.2) is 4.98 Å². The molecule has 100 valence electrons. The Labute approximate surface area is 119 Å². The fraction of sp³-hybridized carbons (Fsp3) is 0.417. The van der Waals surface area contributed by atoms with Gasteiger partial charge in [0.15, 0.2) is 5.65 Å². The maximum absolute atomic E-state index is 5.79. The van der Waals surface area contributed by atoms with Gasteiger partial charge in [0.05, 0.1) is 5.39 Å². The first kappa shape index (κ1) is 12.6. The second-order valence-corrected chi connectivity index (χ2v) is 5.44. The minimum atomic E-state index is 0.273. The average molecular weight is 323 g/mol. The summed E-state index contributed by atoms with van der Waals surface area (Å²) >= 11 is 3.44. The summed E-state index contributed by atoms with van der Waals surface area (Å²) in [6.45, 7) is 3.87. The molecule has 19 heavy (non-hydrogen) atoms. The van der Waals surface area contributed by atoms with Crippen LogP contribution in [0.2, 0.25) is 0 Å². The molecule has 2 aromatic heterocycles. The van der Waals surface area contributed by atoms with E-state index in [-0.39, 0.29) is 5.95 Å². The van der Waals surface area contributed by atoms with E-state index < -0.39 is 0 Å². The molecule has 3 rings (SSSR count). The van der Waals surface area contributed by atoms with Gasteiger partial charge in [0, 0.05) is 30.3 Å². The van der Waals surface area contributed by atoms with Crippen molar-refractivity contribution in [2.75, 3.05) is 36.8 Å². The van der Waals surface area contributed by atoms with Crippen LogP contribution in [0.15, 0.2) is 16.7 Å². The van der Waals surface area contributed by atoms with Gasteiger partial charge in [-0.1, -0.05) is 0 Å². The molecule has 2 aromatic rings. The molecular weight excluding hydrogens is 308 g/mol. The molecule has 0 amide bonds. The topological polar surface area (TPSA) is 80.0 Å². The van der Waals surface area contributed by atoms with Crippen LogP contribution in [0.4, 0.5) is 11.8 Å². The van der Waals surface area contributed by atoms with Crippen LogP contribution in [-0.2, 0) is 0 Å². The predicted molar refractivity (Wildman–Crippen MR) is 79.1 cm³/mol. The van der Waals surface area contributed by atoms with Gasteiger partial charge in [0.25, 0.3) is 0 Å². The number of halogens is 1. The zero-order valence-electron chi connectivity index (χ0n) is 10.4. The number of hydrogen-bond acceptors (Lipinski definition) is 6. The third-order valence-electron chi connectivity index (χ3n) is 3.15. The van der Waals surface area contributed by atoms with Crippen molar-refractivity contribution in [1.29, 1.82) is 0 Å². The average Bonchev–Trinajstić information content (AvgIpc) is 2.67. The lowest BCUT2D eigenvalue weighted by Crippen LogP contribution is -2.29. The Kier molecular flexibility index (Phi) is 3.48. The molecule has 0 saturated carbocycles. The van der Waals surface area contributed by atoms with Gasteiger partial charge in [-0.3, -0.25) is 0 Å². The standard InChI is InChI=1S/C12H15BrN6/c13-8-6-9-10(16-7-8)17-12(14)18-11(9)19-4-1-2-15-3-5-19/h6-7,15H,1-5H2,(H2,14,16,17,18). The van der Waals surface area contributed by atoms with E-state index in [1.807, 2.05) is 6.07 Å². The van der Waals surface area contributed by atoms with Crippen LogP contribution in [0.5, 0.6) is 0 Å². The van der Waals surface area contributed by atoms with Gasteiger partial charge in [-0.15, -0.1) is 0 Å². The first-order chi connectivity index (χ1) is 9.24. The van der Waals surface area contributed by atoms with Crippen molar-refractivity contribution in [1.82, 2.24) is 20.3 Å². The van der Waals surface area contributed by atoms with E-state index in [0.29, 0.717) is 5.65 Å². The minimum absolute atomic E-state index is 0.273. The number of rotatable bonds is 1. The number of fused-ring (bicyclic) bond motifs is 1. The van der Waals surface area contributed by atoms with Gasteiger partial charge in [0.2, 0.25) is 5.95 Å². The van der Waals surface area contributed by atoms with Crippen molar-refractivity contribution >= 4 is 38.7 Å². The minimum Gasteiger partial charge on any atom is -0.368 e. The summed E-state index contributed by atoms with van der Waals surface area (Å²) in [6.07, 6.45) is 2.81. The van der Waals surface area contributed by atoms with Crippen molar-refractivity contribution in [3.05, 3.63) is 16.7 Å². The van der Waals surface area contributed by atoms with Crippen LogP contribution in [0.1, 0.15) is 6.42 Å². The number of nitrogens with zero attached hydrogens (tertiary/aromatic N) is 4. The third-order valence-corrected chi connectivity index (χ3v) is 3.59. The van der Waals surface area contributed by atoms with Gasteiger partial charge in [-0.05, 0) is 35.0 Å². The largest absolute Gasteiger partial charge is 0.368 e. The molecule has 0 spiro atoms. The quantitative estimate of drug-likeness (QED) is 0.820. The number of hydrogen-bond donors (Lipinski definition) is 2. The summed E-state index contributed by atoms with van der Waals surface area (Å²) in [5, 5.41) is 4.32. The maximum atomic E-state index is 5.79. The Hall–Kier alpha value is -1.47. The van der Waals surface area contributed by atoms with E-state index in [9.17, 15) is 0 Å². The highest BCUT2D eigenvalue weighted by molar-refractivity contribution is 9.10. The lowest BCUT2D eigenvalue weighted by Gasteiger charge is -2.22. The first-order valence-corrected chi connectivity index (χ1v) is 7.08.